The number of carbonyl (C=O) groups excluding carboxylic acids is 3. The van der Waals surface area contributed by atoms with E-state index in [-0.39, 0.29) is 38.4 Å². The quantitative estimate of drug-likeness (QED) is 0.128. The van der Waals surface area contributed by atoms with Crippen LogP contribution in [0.5, 0.6) is 11.5 Å². The highest BCUT2D eigenvalue weighted by atomic mass is 35.5. The lowest BCUT2D eigenvalue weighted by Gasteiger charge is -2.14. The number of aliphatic imine (C=N–C) groups is 2. The molecule has 3 N–H and O–H groups in total. The standard InChI is InChI=1S/C44H41Cl2N11O5/c1-24-52-54-43-35(51-42(27-7-11-29(46)12-8-27)33-19-30(61-3)14-16-36(33)56(24)43)22-39(59)49-23-40(60)48-18-17-47-38(58)21-34-44-55-53-25(2)57(44)37-20-31(62-4)13-15-32(37)41(50-34)26-5-9-28(45)10-6-26/h5-16,19-20,34-35H,17-18,21-23H2,1-4H3,(H,47,58)(H,48,60)(H,49,59)/t34-,35+/m1/s1. The number of nitrogens with one attached hydrogen (secondary N) is 3. The number of fused-ring (bicyclic) bond motifs is 6. The van der Waals surface area contributed by atoms with Crippen molar-refractivity contribution in [2.24, 2.45) is 9.98 Å². The number of aromatic nitrogens is 6. The maximum atomic E-state index is 13.4. The maximum absolute atomic E-state index is 13.4. The molecule has 2 atom stereocenters. The summed E-state index contributed by atoms with van der Waals surface area (Å²) >= 11 is 12.4. The van der Waals surface area contributed by atoms with E-state index in [1.807, 2.05) is 83.6 Å². The van der Waals surface area contributed by atoms with E-state index in [0.29, 0.717) is 56.3 Å². The van der Waals surface area contributed by atoms with Crippen LogP contribution in [0, 0.1) is 13.8 Å². The summed E-state index contributed by atoms with van der Waals surface area (Å²) in [6, 6.07) is 24.5. The first-order valence-corrected chi connectivity index (χ1v) is 20.5. The average Bonchev–Trinajstić information content (AvgIpc) is 3.78. The molecule has 6 aromatic rings. The fourth-order valence-corrected chi connectivity index (χ4v) is 7.74. The number of amides is 3. The molecule has 2 aliphatic rings. The second-order valence-corrected chi connectivity index (χ2v) is 15.4. The molecule has 316 valence electrons. The molecular weight excluding hydrogens is 833 g/mol. The van der Waals surface area contributed by atoms with Gasteiger partial charge in [-0.05, 0) is 68.4 Å². The van der Waals surface area contributed by atoms with Crippen LogP contribution in [0.3, 0.4) is 0 Å². The van der Waals surface area contributed by atoms with Gasteiger partial charge < -0.3 is 25.4 Å². The minimum atomic E-state index is -0.742. The van der Waals surface area contributed by atoms with Crippen LogP contribution in [-0.4, -0.2) is 92.5 Å². The van der Waals surface area contributed by atoms with Crippen molar-refractivity contribution in [3.05, 3.63) is 141 Å². The van der Waals surface area contributed by atoms with Crippen LogP contribution < -0.4 is 25.4 Å². The van der Waals surface area contributed by atoms with Gasteiger partial charge in [-0.25, -0.2) is 0 Å². The first-order valence-electron chi connectivity index (χ1n) is 19.7. The fourth-order valence-electron chi connectivity index (χ4n) is 7.49. The number of methoxy groups -OCH3 is 2. The Bertz CT molecular complexity index is 2750. The molecule has 0 saturated carbocycles. The smallest absolute Gasteiger partial charge is 0.239 e. The van der Waals surface area contributed by atoms with Crippen LogP contribution in [0.15, 0.2) is 94.9 Å². The van der Waals surface area contributed by atoms with Gasteiger partial charge in [0, 0.05) is 51.5 Å². The Balaban J connectivity index is 0.900. The van der Waals surface area contributed by atoms with Crippen LogP contribution in [0.4, 0.5) is 0 Å². The van der Waals surface area contributed by atoms with E-state index in [4.69, 9.17) is 42.7 Å². The highest BCUT2D eigenvalue weighted by Crippen LogP contribution is 2.36. The molecule has 0 radical (unpaired) electrons. The normalized spacial score (nSPS) is 15.0. The van der Waals surface area contributed by atoms with Gasteiger partial charge in [0.25, 0.3) is 0 Å². The summed E-state index contributed by atoms with van der Waals surface area (Å²) < 4.78 is 14.9. The first kappa shape index (κ1) is 41.8. The predicted molar refractivity (Wildman–Crippen MR) is 233 cm³/mol. The molecule has 0 aliphatic carbocycles. The largest absolute Gasteiger partial charge is 0.497 e. The molecule has 3 amide bonds. The molecule has 0 fully saturated rings. The second-order valence-electron chi connectivity index (χ2n) is 14.5. The second kappa shape index (κ2) is 18.0. The van der Waals surface area contributed by atoms with Gasteiger partial charge in [-0.2, -0.15) is 0 Å². The summed E-state index contributed by atoms with van der Waals surface area (Å²) in [5.74, 6) is 2.32. The summed E-state index contributed by atoms with van der Waals surface area (Å²) in [6.45, 7) is 3.63. The van der Waals surface area contributed by atoms with E-state index in [9.17, 15) is 14.4 Å². The Labute approximate surface area is 366 Å². The van der Waals surface area contributed by atoms with Gasteiger partial charge in [0.1, 0.15) is 35.2 Å². The van der Waals surface area contributed by atoms with Crippen molar-refractivity contribution in [3.8, 4) is 22.9 Å². The predicted octanol–water partition coefficient (Wildman–Crippen LogP) is 5.40. The highest BCUT2D eigenvalue weighted by Gasteiger charge is 2.32. The number of ether oxygens (including phenoxy) is 2. The molecule has 2 aliphatic heterocycles. The van der Waals surface area contributed by atoms with E-state index in [1.165, 1.54) is 0 Å². The summed E-state index contributed by atoms with van der Waals surface area (Å²) in [5.41, 5.74) is 5.99. The van der Waals surface area contributed by atoms with Gasteiger partial charge in [-0.3, -0.25) is 33.5 Å². The Hall–Kier alpha value is -6.91. The number of hydrogen-bond acceptors (Lipinski definition) is 11. The van der Waals surface area contributed by atoms with Crippen LogP contribution >= 0.6 is 23.2 Å². The Morgan fingerprint density at radius 1 is 0.581 bits per heavy atom. The Kier molecular flexibility index (Phi) is 12.1. The molecule has 62 heavy (non-hydrogen) atoms. The zero-order chi connectivity index (χ0) is 43.5. The zero-order valence-electron chi connectivity index (χ0n) is 34.1. The van der Waals surface area contributed by atoms with Gasteiger partial charge in [0.15, 0.2) is 11.6 Å². The van der Waals surface area contributed by atoms with Crippen molar-refractivity contribution in [2.45, 2.75) is 38.8 Å². The Morgan fingerprint density at radius 3 is 1.63 bits per heavy atom. The number of aryl methyl sites for hydroxylation is 2. The molecule has 0 unspecified atom stereocenters. The van der Waals surface area contributed by atoms with Crippen LogP contribution in [-0.2, 0) is 14.4 Å². The summed E-state index contributed by atoms with van der Waals surface area (Å²) in [5, 5.41) is 27.0. The lowest BCUT2D eigenvalue weighted by Crippen LogP contribution is -2.40. The lowest BCUT2D eigenvalue weighted by atomic mass is 10.00. The van der Waals surface area contributed by atoms with E-state index in [0.717, 1.165) is 33.6 Å². The third-order valence-electron chi connectivity index (χ3n) is 10.5. The third-order valence-corrected chi connectivity index (χ3v) is 11.0. The lowest BCUT2D eigenvalue weighted by molar-refractivity contribution is -0.126. The number of benzene rings is 4. The van der Waals surface area contributed by atoms with Crippen molar-refractivity contribution in [2.75, 3.05) is 33.9 Å². The fraction of sp³-hybridized carbons (Fsp3) is 0.250. The van der Waals surface area contributed by atoms with Crippen molar-refractivity contribution in [3.63, 3.8) is 0 Å². The molecule has 4 heterocycles. The minimum Gasteiger partial charge on any atom is -0.497 e. The molecule has 2 aromatic heterocycles. The molecular formula is C44H41Cl2N11O5. The third kappa shape index (κ3) is 8.64. The topological polar surface area (TPSA) is 192 Å². The maximum Gasteiger partial charge on any atom is 0.239 e. The molecule has 0 saturated heterocycles. The van der Waals surface area contributed by atoms with Crippen molar-refractivity contribution < 1.29 is 23.9 Å². The SMILES string of the molecule is COc1ccc2c(c1)C(c1ccc(Cl)cc1)=N[C@@H](CC(=O)NCC(=O)NCCNC(=O)C[C@H]1N=C(c3ccc(Cl)cc3)c3ccc(OC)cc3-n3c(C)nnc31)c1nnc(C)n1-2. The van der Waals surface area contributed by atoms with E-state index in [1.54, 1.807) is 38.5 Å². The van der Waals surface area contributed by atoms with E-state index >= 15 is 0 Å². The average molecular weight is 875 g/mol. The number of halogens is 2. The van der Waals surface area contributed by atoms with Crippen LogP contribution in [0.25, 0.3) is 11.4 Å². The van der Waals surface area contributed by atoms with Gasteiger partial charge in [-0.15, -0.1) is 20.4 Å². The Morgan fingerprint density at radius 2 is 1.06 bits per heavy atom. The molecule has 8 rings (SSSR count). The molecule has 0 spiro atoms. The highest BCUT2D eigenvalue weighted by molar-refractivity contribution is 6.31. The summed E-state index contributed by atoms with van der Waals surface area (Å²) in [6.07, 6.45) is -0.154. The summed E-state index contributed by atoms with van der Waals surface area (Å²) in [7, 11) is 3.19. The van der Waals surface area contributed by atoms with Crippen molar-refractivity contribution in [1.82, 2.24) is 45.5 Å². The first-order chi connectivity index (χ1) is 30.0. The van der Waals surface area contributed by atoms with E-state index < -0.39 is 23.9 Å². The summed E-state index contributed by atoms with van der Waals surface area (Å²) in [4.78, 5) is 49.9. The zero-order valence-corrected chi connectivity index (χ0v) is 35.7. The van der Waals surface area contributed by atoms with Crippen LogP contribution in [0.2, 0.25) is 10.0 Å². The molecule has 16 nitrogen and oxygen atoms in total. The number of nitrogens with zero attached hydrogens (tertiary/aromatic N) is 8. The van der Waals surface area contributed by atoms with Crippen molar-refractivity contribution in [1.29, 1.82) is 0 Å². The van der Waals surface area contributed by atoms with Gasteiger partial charge in [0.05, 0.1) is 56.4 Å². The van der Waals surface area contributed by atoms with Crippen LogP contribution in [0.1, 0.15) is 70.5 Å². The molecule has 4 aromatic carbocycles. The van der Waals surface area contributed by atoms with Gasteiger partial charge >= 0.3 is 0 Å². The minimum absolute atomic E-state index is 0.0420. The van der Waals surface area contributed by atoms with E-state index in [2.05, 4.69) is 36.3 Å². The number of rotatable bonds is 13. The number of carbonyl (C=O) groups is 3. The van der Waals surface area contributed by atoms with Crippen molar-refractivity contribution >= 4 is 52.3 Å². The molecule has 0 bridgehead atoms. The molecule has 18 heteroatoms. The van der Waals surface area contributed by atoms with Gasteiger partial charge in [-0.1, -0.05) is 47.5 Å². The van der Waals surface area contributed by atoms with Gasteiger partial charge in [0.2, 0.25) is 17.7 Å². The number of hydrogen-bond donors (Lipinski definition) is 3. The monoisotopic (exact) mass is 873 g/mol.